The summed E-state index contributed by atoms with van der Waals surface area (Å²) >= 11 is 0. The lowest BCUT2D eigenvalue weighted by atomic mass is 10.1. The molecule has 0 bridgehead atoms. The maximum absolute atomic E-state index is 12.1. The number of carbonyl (C=O) groups is 1. The van der Waals surface area contributed by atoms with Crippen LogP contribution in [0.2, 0.25) is 0 Å². The average Bonchev–Trinajstić information content (AvgIpc) is 3.33. The number of fused-ring (bicyclic) bond motifs is 1. The third kappa shape index (κ3) is 3.96. The maximum Gasteiger partial charge on any atom is 0.258 e. The highest BCUT2D eigenvalue weighted by atomic mass is 16.5. The second-order valence-corrected chi connectivity index (χ2v) is 7.05. The molecule has 4 rings (SSSR count). The number of rotatable bonds is 6. The van der Waals surface area contributed by atoms with E-state index in [1.54, 1.807) is 10.9 Å². The summed E-state index contributed by atoms with van der Waals surface area (Å²) in [7, 11) is 0. The molecule has 146 valence electrons. The van der Waals surface area contributed by atoms with Gasteiger partial charge in [0.05, 0.1) is 18.0 Å². The Labute approximate surface area is 162 Å². The minimum absolute atomic E-state index is 0.103. The molecular weight excluding hydrogens is 358 g/mol. The molecule has 1 aliphatic heterocycles. The van der Waals surface area contributed by atoms with Crippen LogP contribution in [-0.4, -0.2) is 51.5 Å². The van der Waals surface area contributed by atoms with Crippen molar-refractivity contribution in [3.05, 3.63) is 41.9 Å². The Morgan fingerprint density at radius 3 is 2.86 bits per heavy atom. The van der Waals surface area contributed by atoms with E-state index in [4.69, 9.17) is 9.47 Å². The third-order valence-electron chi connectivity index (χ3n) is 4.67. The summed E-state index contributed by atoms with van der Waals surface area (Å²) in [4.78, 5) is 20.6. The van der Waals surface area contributed by atoms with E-state index in [1.807, 2.05) is 26.0 Å². The monoisotopic (exact) mass is 381 g/mol. The van der Waals surface area contributed by atoms with E-state index >= 15 is 0 Å². The first-order valence-electron chi connectivity index (χ1n) is 9.38. The van der Waals surface area contributed by atoms with E-state index < -0.39 is 0 Å². The average molecular weight is 381 g/mol. The van der Waals surface area contributed by atoms with Gasteiger partial charge in [0, 0.05) is 13.2 Å². The van der Waals surface area contributed by atoms with Gasteiger partial charge in [-0.05, 0) is 49.9 Å². The Kier molecular flexibility index (Phi) is 5.21. The highest BCUT2D eigenvalue weighted by Crippen LogP contribution is 2.24. The zero-order valence-corrected chi connectivity index (χ0v) is 16.0. The molecule has 28 heavy (non-hydrogen) atoms. The van der Waals surface area contributed by atoms with Crippen molar-refractivity contribution in [1.29, 1.82) is 0 Å². The van der Waals surface area contributed by atoms with Gasteiger partial charge in [-0.3, -0.25) is 4.79 Å². The van der Waals surface area contributed by atoms with Crippen molar-refractivity contribution in [2.24, 2.45) is 0 Å². The van der Waals surface area contributed by atoms with Crippen molar-refractivity contribution in [2.75, 3.05) is 19.8 Å². The zero-order chi connectivity index (χ0) is 19.5. The Morgan fingerprint density at radius 1 is 1.29 bits per heavy atom. The first-order valence-corrected chi connectivity index (χ1v) is 9.38. The van der Waals surface area contributed by atoms with E-state index in [2.05, 4.69) is 26.4 Å². The Morgan fingerprint density at radius 2 is 2.11 bits per heavy atom. The molecule has 3 heterocycles. The van der Waals surface area contributed by atoms with Crippen molar-refractivity contribution in [2.45, 2.75) is 32.8 Å². The van der Waals surface area contributed by atoms with Gasteiger partial charge < -0.3 is 14.8 Å². The molecule has 1 saturated heterocycles. The summed E-state index contributed by atoms with van der Waals surface area (Å²) in [6.45, 7) is 5.24. The van der Waals surface area contributed by atoms with Gasteiger partial charge in [-0.15, -0.1) is 0 Å². The number of aryl methyl sites for hydroxylation is 2. The van der Waals surface area contributed by atoms with Gasteiger partial charge in [-0.1, -0.05) is 6.07 Å². The van der Waals surface area contributed by atoms with E-state index in [9.17, 15) is 4.79 Å². The molecule has 0 unspecified atom stereocenters. The number of hydrogen-bond donors (Lipinski definition) is 1. The first kappa shape index (κ1) is 18.4. The number of benzene rings is 1. The van der Waals surface area contributed by atoms with E-state index in [0.29, 0.717) is 23.5 Å². The molecule has 0 spiro atoms. The minimum atomic E-state index is -0.205. The van der Waals surface area contributed by atoms with Crippen LogP contribution in [0.3, 0.4) is 0 Å². The first-order chi connectivity index (χ1) is 13.6. The van der Waals surface area contributed by atoms with Gasteiger partial charge in [0.25, 0.3) is 5.91 Å². The van der Waals surface area contributed by atoms with Gasteiger partial charge in [0.15, 0.2) is 12.3 Å². The van der Waals surface area contributed by atoms with Crippen molar-refractivity contribution in [1.82, 2.24) is 25.1 Å². The van der Waals surface area contributed by atoms with Gasteiger partial charge >= 0.3 is 0 Å². The SMILES string of the molecule is Cc1cc(C)cc(-n2ncc3c(OCC(=O)NC[C@H]4CCCO4)ncnc32)c1. The zero-order valence-electron chi connectivity index (χ0n) is 16.0. The molecule has 0 saturated carbocycles. The summed E-state index contributed by atoms with van der Waals surface area (Å²) in [5, 5.41) is 7.94. The smallest absolute Gasteiger partial charge is 0.258 e. The van der Waals surface area contributed by atoms with E-state index in [1.165, 1.54) is 6.33 Å². The normalized spacial score (nSPS) is 16.4. The minimum Gasteiger partial charge on any atom is -0.467 e. The van der Waals surface area contributed by atoms with Gasteiger partial charge in [0.2, 0.25) is 5.88 Å². The van der Waals surface area contributed by atoms with Crippen molar-refractivity contribution >= 4 is 16.9 Å². The number of ether oxygens (including phenoxy) is 2. The predicted molar refractivity (Wildman–Crippen MR) is 104 cm³/mol. The topological polar surface area (TPSA) is 91.2 Å². The molecule has 1 fully saturated rings. The van der Waals surface area contributed by atoms with Crippen LogP contribution in [0.1, 0.15) is 24.0 Å². The quantitative estimate of drug-likeness (QED) is 0.703. The summed E-state index contributed by atoms with van der Waals surface area (Å²) in [5.41, 5.74) is 3.85. The van der Waals surface area contributed by atoms with Gasteiger partial charge in [-0.25, -0.2) is 14.6 Å². The van der Waals surface area contributed by atoms with Crippen LogP contribution in [0.25, 0.3) is 16.7 Å². The van der Waals surface area contributed by atoms with Gasteiger partial charge in [0.1, 0.15) is 11.7 Å². The molecule has 1 aliphatic rings. The molecule has 3 aromatic rings. The van der Waals surface area contributed by atoms with Crippen LogP contribution in [0.15, 0.2) is 30.7 Å². The predicted octanol–water partition coefficient (Wildman–Crippen LogP) is 2.11. The summed E-state index contributed by atoms with van der Waals surface area (Å²) in [5.74, 6) is 0.136. The highest BCUT2D eigenvalue weighted by Gasteiger charge is 2.17. The Bertz CT molecular complexity index is 974. The molecular formula is C20H23N5O3. The fourth-order valence-electron chi connectivity index (χ4n) is 3.42. The van der Waals surface area contributed by atoms with Crippen LogP contribution < -0.4 is 10.1 Å². The second-order valence-electron chi connectivity index (χ2n) is 7.05. The van der Waals surface area contributed by atoms with Crippen molar-refractivity contribution in [3.8, 4) is 11.6 Å². The number of aromatic nitrogens is 4. The molecule has 2 aromatic heterocycles. The lowest BCUT2D eigenvalue weighted by molar-refractivity contribution is -0.123. The van der Waals surface area contributed by atoms with Crippen LogP contribution in [0.5, 0.6) is 5.88 Å². The van der Waals surface area contributed by atoms with Crippen LogP contribution in [0.4, 0.5) is 0 Å². The fourth-order valence-corrected chi connectivity index (χ4v) is 3.42. The lowest BCUT2D eigenvalue weighted by Crippen LogP contribution is -2.35. The molecule has 1 aromatic carbocycles. The fraction of sp³-hybridized carbons (Fsp3) is 0.400. The largest absolute Gasteiger partial charge is 0.467 e. The molecule has 8 heteroatoms. The highest BCUT2D eigenvalue weighted by molar-refractivity contribution is 5.82. The number of nitrogens with one attached hydrogen (secondary N) is 1. The summed E-state index contributed by atoms with van der Waals surface area (Å²) in [6, 6.07) is 6.19. The standard InChI is InChI=1S/C20H23N5O3/c1-13-6-14(2)8-15(7-13)25-19-17(10-24-25)20(23-12-22-19)28-11-18(26)21-9-16-4-3-5-27-16/h6-8,10,12,16H,3-5,9,11H2,1-2H3,(H,21,26)/t16-/m1/s1. The Balaban J connectivity index is 1.48. The number of amides is 1. The summed E-state index contributed by atoms with van der Waals surface area (Å²) < 4.78 is 12.9. The number of nitrogens with zero attached hydrogens (tertiary/aromatic N) is 4. The second kappa shape index (κ2) is 7.93. The third-order valence-corrected chi connectivity index (χ3v) is 4.67. The number of carbonyl (C=O) groups excluding carboxylic acids is 1. The summed E-state index contributed by atoms with van der Waals surface area (Å²) in [6.07, 6.45) is 5.20. The van der Waals surface area contributed by atoms with Gasteiger partial charge in [-0.2, -0.15) is 5.10 Å². The van der Waals surface area contributed by atoms with Crippen LogP contribution in [-0.2, 0) is 9.53 Å². The Hall–Kier alpha value is -3.00. The van der Waals surface area contributed by atoms with E-state index in [0.717, 1.165) is 36.3 Å². The maximum atomic E-state index is 12.1. The molecule has 0 radical (unpaired) electrons. The molecule has 8 nitrogen and oxygen atoms in total. The van der Waals surface area contributed by atoms with Crippen molar-refractivity contribution < 1.29 is 14.3 Å². The number of hydrogen-bond acceptors (Lipinski definition) is 6. The van der Waals surface area contributed by atoms with Crippen LogP contribution in [0, 0.1) is 13.8 Å². The van der Waals surface area contributed by atoms with E-state index in [-0.39, 0.29) is 18.6 Å². The van der Waals surface area contributed by atoms with Crippen molar-refractivity contribution in [3.63, 3.8) is 0 Å². The molecule has 1 N–H and O–H groups in total. The molecule has 1 atom stereocenters. The lowest BCUT2D eigenvalue weighted by Gasteiger charge is -2.11. The van der Waals surface area contributed by atoms with Crippen LogP contribution >= 0.6 is 0 Å². The molecule has 1 amide bonds. The molecule has 0 aliphatic carbocycles.